The maximum atomic E-state index is 14.2. The standard InChI is InChI=1S/C17H17F2N/c18-14-9-5-10-15(19)16(14)17(20)11-4-3-7-12-6-1-2-8-13(12)17/h1-2,5-6,8-10H,3-4,7,11,20H2. The quantitative estimate of drug-likeness (QED) is 0.784. The van der Waals surface area contributed by atoms with Crippen molar-refractivity contribution in [2.45, 2.75) is 31.2 Å². The molecule has 1 unspecified atom stereocenters. The zero-order chi connectivity index (χ0) is 14.2. The number of hydrogen-bond donors (Lipinski definition) is 1. The monoisotopic (exact) mass is 273 g/mol. The third-order valence-corrected chi connectivity index (χ3v) is 4.17. The van der Waals surface area contributed by atoms with E-state index in [1.54, 1.807) is 0 Å². The van der Waals surface area contributed by atoms with Gasteiger partial charge in [0.15, 0.2) is 0 Å². The summed E-state index contributed by atoms with van der Waals surface area (Å²) in [6, 6.07) is 11.7. The Morgan fingerprint density at radius 1 is 0.900 bits per heavy atom. The first kappa shape index (κ1) is 13.3. The molecule has 0 aliphatic heterocycles. The number of nitrogens with two attached hydrogens (primary N) is 1. The van der Waals surface area contributed by atoms with Gasteiger partial charge in [0, 0.05) is 5.56 Å². The highest BCUT2D eigenvalue weighted by Gasteiger charge is 2.37. The van der Waals surface area contributed by atoms with E-state index >= 15 is 0 Å². The molecule has 0 saturated heterocycles. The van der Waals surface area contributed by atoms with Crippen molar-refractivity contribution in [2.75, 3.05) is 0 Å². The van der Waals surface area contributed by atoms with Gasteiger partial charge in [-0.3, -0.25) is 0 Å². The van der Waals surface area contributed by atoms with Gasteiger partial charge < -0.3 is 5.73 Å². The van der Waals surface area contributed by atoms with E-state index in [0.29, 0.717) is 6.42 Å². The Labute approximate surface area is 117 Å². The van der Waals surface area contributed by atoms with Crippen LogP contribution in [0.25, 0.3) is 0 Å². The molecule has 1 atom stereocenters. The minimum Gasteiger partial charge on any atom is -0.318 e. The zero-order valence-corrected chi connectivity index (χ0v) is 11.2. The SMILES string of the molecule is NC1(c2c(F)cccc2F)CCCCc2ccccc21. The number of benzene rings is 2. The Kier molecular flexibility index (Phi) is 3.30. The van der Waals surface area contributed by atoms with E-state index in [0.717, 1.165) is 30.4 Å². The Bertz CT molecular complexity index is 618. The van der Waals surface area contributed by atoms with E-state index in [2.05, 4.69) is 0 Å². The summed E-state index contributed by atoms with van der Waals surface area (Å²) in [5.41, 5.74) is 7.37. The average Bonchev–Trinajstić information content (AvgIpc) is 2.59. The molecule has 20 heavy (non-hydrogen) atoms. The topological polar surface area (TPSA) is 26.0 Å². The second-order valence-electron chi connectivity index (χ2n) is 5.43. The van der Waals surface area contributed by atoms with E-state index < -0.39 is 17.2 Å². The van der Waals surface area contributed by atoms with Crippen molar-refractivity contribution < 1.29 is 8.78 Å². The molecule has 2 aromatic rings. The van der Waals surface area contributed by atoms with Crippen LogP contribution in [0, 0.1) is 11.6 Å². The largest absolute Gasteiger partial charge is 0.318 e. The summed E-state index contributed by atoms with van der Waals surface area (Å²) in [6.07, 6.45) is 3.32. The molecule has 0 fully saturated rings. The first-order chi connectivity index (χ1) is 9.63. The Balaban J connectivity index is 2.25. The molecule has 1 nitrogen and oxygen atoms in total. The maximum absolute atomic E-state index is 14.2. The molecule has 2 N–H and O–H groups in total. The fraction of sp³-hybridized carbons (Fsp3) is 0.294. The number of hydrogen-bond acceptors (Lipinski definition) is 1. The van der Waals surface area contributed by atoms with E-state index in [9.17, 15) is 8.78 Å². The molecule has 0 saturated carbocycles. The van der Waals surface area contributed by atoms with Crippen LogP contribution in [0.5, 0.6) is 0 Å². The van der Waals surface area contributed by atoms with Crippen LogP contribution >= 0.6 is 0 Å². The van der Waals surface area contributed by atoms with Crippen molar-refractivity contribution in [3.8, 4) is 0 Å². The van der Waals surface area contributed by atoms with Crippen molar-refractivity contribution in [1.82, 2.24) is 0 Å². The van der Waals surface area contributed by atoms with Crippen LogP contribution in [0.3, 0.4) is 0 Å². The Morgan fingerprint density at radius 2 is 1.60 bits per heavy atom. The van der Waals surface area contributed by atoms with Gasteiger partial charge in [0.05, 0.1) is 5.54 Å². The lowest BCUT2D eigenvalue weighted by Crippen LogP contribution is -2.40. The molecule has 0 spiro atoms. The predicted molar refractivity (Wildman–Crippen MR) is 75.3 cm³/mol. The highest BCUT2D eigenvalue weighted by molar-refractivity contribution is 5.44. The van der Waals surface area contributed by atoms with Crippen molar-refractivity contribution >= 4 is 0 Å². The minimum atomic E-state index is -1.08. The summed E-state index contributed by atoms with van der Waals surface area (Å²) in [6.45, 7) is 0. The maximum Gasteiger partial charge on any atom is 0.131 e. The average molecular weight is 273 g/mol. The molecule has 0 heterocycles. The fourth-order valence-corrected chi connectivity index (χ4v) is 3.21. The third-order valence-electron chi connectivity index (χ3n) is 4.17. The van der Waals surface area contributed by atoms with Gasteiger partial charge in [-0.25, -0.2) is 8.78 Å². The number of rotatable bonds is 1. The molecular formula is C17H17F2N. The molecule has 104 valence electrons. The lowest BCUT2D eigenvalue weighted by molar-refractivity contribution is 0.423. The molecule has 1 aliphatic carbocycles. The van der Waals surface area contributed by atoms with Gasteiger partial charge in [-0.05, 0) is 42.5 Å². The molecule has 1 aliphatic rings. The van der Waals surface area contributed by atoms with Crippen LogP contribution in [0.15, 0.2) is 42.5 Å². The molecule has 0 aromatic heterocycles. The lowest BCUT2D eigenvalue weighted by atomic mass is 9.79. The second kappa shape index (κ2) is 4.98. The number of halogens is 2. The van der Waals surface area contributed by atoms with E-state index in [1.807, 2.05) is 24.3 Å². The first-order valence-electron chi connectivity index (χ1n) is 6.95. The lowest BCUT2D eigenvalue weighted by Gasteiger charge is -2.31. The van der Waals surface area contributed by atoms with Crippen LogP contribution < -0.4 is 5.73 Å². The van der Waals surface area contributed by atoms with Gasteiger partial charge in [0.2, 0.25) is 0 Å². The van der Waals surface area contributed by atoms with E-state index in [-0.39, 0.29) is 5.56 Å². The zero-order valence-electron chi connectivity index (χ0n) is 11.2. The first-order valence-corrected chi connectivity index (χ1v) is 6.95. The third kappa shape index (κ3) is 2.02. The van der Waals surface area contributed by atoms with E-state index in [1.165, 1.54) is 18.2 Å². The van der Waals surface area contributed by atoms with Gasteiger partial charge >= 0.3 is 0 Å². The smallest absolute Gasteiger partial charge is 0.131 e. The van der Waals surface area contributed by atoms with Crippen LogP contribution in [-0.2, 0) is 12.0 Å². The molecule has 0 bridgehead atoms. The van der Waals surface area contributed by atoms with Crippen molar-refractivity contribution in [1.29, 1.82) is 0 Å². The summed E-state index contributed by atoms with van der Waals surface area (Å²) >= 11 is 0. The highest BCUT2D eigenvalue weighted by atomic mass is 19.1. The van der Waals surface area contributed by atoms with Gasteiger partial charge in [0.1, 0.15) is 11.6 Å². The molecule has 2 aromatic carbocycles. The summed E-state index contributed by atoms with van der Waals surface area (Å²) < 4.78 is 28.4. The van der Waals surface area contributed by atoms with Gasteiger partial charge in [-0.1, -0.05) is 36.8 Å². The molecule has 3 heteroatoms. The van der Waals surface area contributed by atoms with Crippen LogP contribution in [0.2, 0.25) is 0 Å². The molecule has 3 rings (SSSR count). The van der Waals surface area contributed by atoms with Crippen LogP contribution in [-0.4, -0.2) is 0 Å². The summed E-state index contributed by atoms with van der Waals surface area (Å²) in [5, 5.41) is 0. The predicted octanol–water partition coefficient (Wildman–Crippen LogP) is 3.89. The van der Waals surface area contributed by atoms with Crippen molar-refractivity contribution in [3.63, 3.8) is 0 Å². The summed E-state index contributed by atoms with van der Waals surface area (Å²) in [5.74, 6) is -1.13. The van der Waals surface area contributed by atoms with E-state index in [4.69, 9.17) is 5.73 Å². The number of fused-ring (bicyclic) bond motifs is 1. The second-order valence-corrected chi connectivity index (χ2v) is 5.43. The summed E-state index contributed by atoms with van der Waals surface area (Å²) in [7, 11) is 0. The summed E-state index contributed by atoms with van der Waals surface area (Å²) in [4.78, 5) is 0. The van der Waals surface area contributed by atoms with Crippen molar-refractivity contribution in [2.24, 2.45) is 5.73 Å². The molecule has 0 radical (unpaired) electrons. The van der Waals surface area contributed by atoms with Gasteiger partial charge in [-0.2, -0.15) is 0 Å². The molecule has 0 amide bonds. The Hall–Kier alpha value is -1.74. The van der Waals surface area contributed by atoms with Crippen molar-refractivity contribution in [3.05, 3.63) is 70.8 Å². The highest BCUT2D eigenvalue weighted by Crippen LogP contribution is 2.39. The number of aryl methyl sites for hydroxylation is 1. The Morgan fingerprint density at radius 3 is 2.35 bits per heavy atom. The van der Waals surface area contributed by atoms with Crippen LogP contribution in [0.4, 0.5) is 8.78 Å². The minimum absolute atomic E-state index is 0.00523. The van der Waals surface area contributed by atoms with Gasteiger partial charge in [0.25, 0.3) is 0 Å². The van der Waals surface area contributed by atoms with Gasteiger partial charge in [-0.15, -0.1) is 0 Å². The molecular weight excluding hydrogens is 256 g/mol. The van der Waals surface area contributed by atoms with Crippen LogP contribution in [0.1, 0.15) is 36.0 Å². The normalized spacial score (nSPS) is 22.1. The fourth-order valence-electron chi connectivity index (χ4n) is 3.21.